The van der Waals surface area contributed by atoms with Crippen LogP contribution >= 0.6 is 34.8 Å². The fourth-order valence-electron chi connectivity index (χ4n) is 1.49. The molecule has 5 heteroatoms. The molecule has 1 aromatic rings. The van der Waals surface area contributed by atoms with Gasteiger partial charge in [0.05, 0.1) is 16.4 Å². The van der Waals surface area contributed by atoms with E-state index in [4.69, 9.17) is 34.8 Å². The topological polar surface area (TPSA) is 17.8 Å². The van der Waals surface area contributed by atoms with Gasteiger partial charge in [-0.05, 0) is 26.2 Å². The van der Waals surface area contributed by atoms with Crippen molar-refractivity contribution < 1.29 is 0 Å². The number of alkyl halides is 2. The zero-order valence-electron chi connectivity index (χ0n) is 8.93. The summed E-state index contributed by atoms with van der Waals surface area (Å²) in [6.45, 7) is 4.78. The smallest absolute Gasteiger partial charge is 0.0847 e. The Hall–Kier alpha value is 0.0800. The third kappa shape index (κ3) is 3.02. The Bertz CT molecular complexity index is 319. The van der Waals surface area contributed by atoms with Gasteiger partial charge in [-0.15, -0.1) is 23.2 Å². The maximum absolute atomic E-state index is 6.18. The molecule has 1 heterocycles. The number of halogens is 3. The minimum Gasteiger partial charge on any atom is -0.268 e. The Morgan fingerprint density at radius 2 is 1.93 bits per heavy atom. The van der Waals surface area contributed by atoms with E-state index in [0.29, 0.717) is 11.8 Å². The third-order valence-corrected chi connectivity index (χ3v) is 3.74. The molecule has 0 amide bonds. The molecular weight excluding hydrogens is 254 g/mol. The van der Waals surface area contributed by atoms with Gasteiger partial charge in [-0.3, -0.25) is 4.68 Å². The Kier molecular flexibility index (Phi) is 5.24. The van der Waals surface area contributed by atoms with E-state index in [2.05, 4.69) is 5.10 Å². The lowest BCUT2D eigenvalue weighted by Crippen LogP contribution is -2.12. The molecular formula is C10H15Cl3N2. The molecule has 0 atom stereocenters. The van der Waals surface area contributed by atoms with Gasteiger partial charge in [0.1, 0.15) is 0 Å². The van der Waals surface area contributed by atoms with E-state index in [1.807, 2.05) is 18.5 Å². The normalized spacial score (nSPS) is 11.3. The van der Waals surface area contributed by atoms with Gasteiger partial charge in [-0.2, -0.15) is 5.10 Å². The predicted octanol–water partition coefficient (Wildman–Crippen LogP) is 3.50. The summed E-state index contributed by atoms with van der Waals surface area (Å²) in [6, 6.07) is 0. The SMILES string of the molecule is CCn1nc(C)c(Cl)c1CC(CCl)CCl. The van der Waals surface area contributed by atoms with E-state index in [1.54, 1.807) is 0 Å². The van der Waals surface area contributed by atoms with Crippen LogP contribution in [0.4, 0.5) is 0 Å². The molecule has 0 aliphatic rings. The monoisotopic (exact) mass is 268 g/mol. The zero-order valence-corrected chi connectivity index (χ0v) is 11.2. The van der Waals surface area contributed by atoms with Crippen LogP contribution in [0.25, 0.3) is 0 Å². The quantitative estimate of drug-likeness (QED) is 0.748. The summed E-state index contributed by atoms with van der Waals surface area (Å²) in [4.78, 5) is 0. The summed E-state index contributed by atoms with van der Waals surface area (Å²) in [6.07, 6.45) is 0.792. The molecule has 0 aliphatic carbocycles. The average Bonchev–Trinajstić information content (AvgIpc) is 2.52. The van der Waals surface area contributed by atoms with Crippen molar-refractivity contribution in [2.45, 2.75) is 26.8 Å². The lowest BCUT2D eigenvalue weighted by molar-refractivity contribution is 0.567. The summed E-state index contributed by atoms with van der Waals surface area (Å²) < 4.78 is 1.92. The van der Waals surface area contributed by atoms with Crippen LogP contribution in [0.2, 0.25) is 5.02 Å². The Morgan fingerprint density at radius 1 is 1.33 bits per heavy atom. The van der Waals surface area contributed by atoms with Crippen LogP contribution in [0, 0.1) is 12.8 Å². The first-order chi connectivity index (χ1) is 7.13. The minimum absolute atomic E-state index is 0.257. The molecule has 0 aliphatic heterocycles. The van der Waals surface area contributed by atoms with E-state index < -0.39 is 0 Å². The van der Waals surface area contributed by atoms with Crippen molar-refractivity contribution in [3.63, 3.8) is 0 Å². The first kappa shape index (κ1) is 13.1. The van der Waals surface area contributed by atoms with Crippen LogP contribution in [-0.2, 0) is 13.0 Å². The number of aromatic nitrogens is 2. The number of hydrogen-bond acceptors (Lipinski definition) is 1. The lowest BCUT2D eigenvalue weighted by Gasteiger charge is -2.11. The zero-order chi connectivity index (χ0) is 11.4. The number of hydrogen-bond donors (Lipinski definition) is 0. The molecule has 1 rings (SSSR count). The first-order valence-corrected chi connectivity index (χ1v) is 6.42. The minimum atomic E-state index is 0.257. The standard InChI is InChI=1S/C10H15Cl3N2/c1-3-15-9(4-8(5-11)6-12)10(13)7(2)14-15/h8H,3-6H2,1-2H3. The fourth-order valence-corrected chi connectivity index (χ4v) is 2.25. The van der Waals surface area contributed by atoms with Crippen LogP contribution in [0.1, 0.15) is 18.3 Å². The van der Waals surface area contributed by atoms with E-state index in [-0.39, 0.29) is 5.92 Å². The first-order valence-electron chi connectivity index (χ1n) is 4.97. The van der Waals surface area contributed by atoms with E-state index in [0.717, 1.165) is 29.4 Å². The van der Waals surface area contributed by atoms with Crippen LogP contribution in [-0.4, -0.2) is 21.5 Å². The van der Waals surface area contributed by atoms with Crippen molar-refractivity contribution in [3.8, 4) is 0 Å². The fraction of sp³-hybridized carbons (Fsp3) is 0.700. The highest BCUT2D eigenvalue weighted by molar-refractivity contribution is 6.31. The summed E-state index contributed by atoms with van der Waals surface area (Å²) in [7, 11) is 0. The van der Waals surface area contributed by atoms with Crippen LogP contribution in [0.15, 0.2) is 0 Å². The van der Waals surface area contributed by atoms with Gasteiger partial charge < -0.3 is 0 Å². The molecule has 1 aromatic heterocycles. The molecule has 2 nitrogen and oxygen atoms in total. The summed E-state index contributed by atoms with van der Waals surface area (Å²) in [5.41, 5.74) is 1.92. The second kappa shape index (κ2) is 5.97. The lowest BCUT2D eigenvalue weighted by atomic mass is 10.1. The molecule has 0 fully saturated rings. The average molecular weight is 270 g/mol. The largest absolute Gasteiger partial charge is 0.268 e. The van der Waals surface area contributed by atoms with Gasteiger partial charge in [0, 0.05) is 18.3 Å². The van der Waals surface area contributed by atoms with Crippen molar-refractivity contribution in [1.29, 1.82) is 0 Å². The molecule has 86 valence electrons. The maximum Gasteiger partial charge on any atom is 0.0847 e. The second-order valence-electron chi connectivity index (χ2n) is 3.54. The van der Waals surface area contributed by atoms with Gasteiger partial charge in [0.2, 0.25) is 0 Å². The highest BCUT2D eigenvalue weighted by Crippen LogP contribution is 2.23. The highest BCUT2D eigenvalue weighted by atomic mass is 35.5. The molecule has 0 N–H and O–H groups in total. The number of rotatable bonds is 5. The predicted molar refractivity (Wildman–Crippen MR) is 66.3 cm³/mol. The van der Waals surface area contributed by atoms with Crippen molar-refractivity contribution in [3.05, 3.63) is 16.4 Å². The molecule has 0 aromatic carbocycles. The van der Waals surface area contributed by atoms with Gasteiger partial charge in [-0.25, -0.2) is 0 Å². The molecule has 0 unspecified atom stereocenters. The van der Waals surface area contributed by atoms with E-state index in [9.17, 15) is 0 Å². The number of aryl methyl sites for hydroxylation is 2. The molecule has 0 spiro atoms. The molecule has 0 bridgehead atoms. The van der Waals surface area contributed by atoms with Crippen LogP contribution in [0.5, 0.6) is 0 Å². The van der Waals surface area contributed by atoms with Crippen molar-refractivity contribution in [2.75, 3.05) is 11.8 Å². The molecule has 15 heavy (non-hydrogen) atoms. The number of nitrogens with zero attached hydrogens (tertiary/aromatic N) is 2. The third-order valence-electron chi connectivity index (χ3n) is 2.37. The highest BCUT2D eigenvalue weighted by Gasteiger charge is 2.16. The molecule has 0 radical (unpaired) electrons. The van der Waals surface area contributed by atoms with Gasteiger partial charge in [-0.1, -0.05) is 11.6 Å². The van der Waals surface area contributed by atoms with Gasteiger partial charge >= 0.3 is 0 Å². The maximum atomic E-state index is 6.18. The summed E-state index contributed by atoms with van der Waals surface area (Å²) in [5.74, 6) is 1.36. The summed E-state index contributed by atoms with van der Waals surface area (Å²) >= 11 is 17.8. The molecule has 0 saturated heterocycles. The van der Waals surface area contributed by atoms with Gasteiger partial charge in [0.25, 0.3) is 0 Å². The van der Waals surface area contributed by atoms with Crippen molar-refractivity contribution in [2.24, 2.45) is 5.92 Å². The Morgan fingerprint density at radius 3 is 2.40 bits per heavy atom. The Labute approximate surface area is 106 Å². The van der Waals surface area contributed by atoms with Crippen LogP contribution in [0.3, 0.4) is 0 Å². The summed E-state index contributed by atoms with van der Waals surface area (Å²) in [5, 5.41) is 5.10. The second-order valence-corrected chi connectivity index (χ2v) is 4.54. The van der Waals surface area contributed by atoms with Crippen molar-refractivity contribution >= 4 is 34.8 Å². The van der Waals surface area contributed by atoms with Gasteiger partial charge in [0.15, 0.2) is 0 Å². The van der Waals surface area contributed by atoms with E-state index >= 15 is 0 Å². The van der Waals surface area contributed by atoms with Crippen molar-refractivity contribution in [1.82, 2.24) is 9.78 Å². The molecule has 0 saturated carbocycles. The van der Waals surface area contributed by atoms with Crippen LogP contribution < -0.4 is 0 Å². The van der Waals surface area contributed by atoms with E-state index in [1.165, 1.54) is 0 Å². The Balaban J connectivity index is 2.91.